The van der Waals surface area contributed by atoms with Crippen LogP contribution < -0.4 is 11.2 Å². The normalized spacial score (nSPS) is 19.6. The Balaban J connectivity index is 2.01. The molecule has 106 valence electrons. The van der Waals surface area contributed by atoms with Crippen LogP contribution in [0.2, 0.25) is 0 Å². The maximum Gasteiger partial charge on any atom is 0.159 e. The highest BCUT2D eigenvalue weighted by Gasteiger charge is 2.18. The molecule has 1 atom stereocenters. The topological polar surface area (TPSA) is 44.5 Å². The molecule has 1 aromatic rings. The SMILES string of the molecule is CN1CCN(NC(CN)c2ccc(F)c(F)c2)CC1. The molecular weight excluding hydrogens is 250 g/mol. The van der Waals surface area contributed by atoms with Gasteiger partial charge < -0.3 is 10.6 Å². The van der Waals surface area contributed by atoms with Crippen LogP contribution in [0, 0.1) is 11.6 Å². The van der Waals surface area contributed by atoms with Gasteiger partial charge in [-0.25, -0.2) is 19.2 Å². The molecule has 6 heteroatoms. The molecule has 0 aromatic heterocycles. The van der Waals surface area contributed by atoms with Gasteiger partial charge in [-0.3, -0.25) is 0 Å². The van der Waals surface area contributed by atoms with E-state index in [1.54, 1.807) is 6.07 Å². The molecule has 4 nitrogen and oxygen atoms in total. The smallest absolute Gasteiger partial charge is 0.159 e. The third kappa shape index (κ3) is 3.70. The van der Waals surface area contributed by atoms with Gasteiger partial charge >= 0.3 is 0 Å². The first kappa shape index (κ1) is 14.3. The van der Waals surface area contributed by atoms with Gasteiger partial charge in [0.1, 0.15) is 0 Å². The van der Waals surface area contributed by atoms with Crippen molar-refractivity contribution in [1.29, 1.82) is 0 Å². The van der Waals surface area contributed by atoms with Gasteiger partial charge in [0.05, 0.1) is 6.04 Å². The van der Waals surface area contributed by atoms with Crippen LogP contribution in [0.15, 0.2) is 18.2 Å². The van der Waals surface area contributed by atoms with E-state index in [2.05, 4.69) is 22.4 Å². The van der Waals surface area contributed by atoms with E-state index in [1.165, 1.54) is 6.07 Å². The molecule has 3 N–H and O–H groups in total. The van der Waals surface area contributed by atoms with Gasteiger partial charge in [-0.1, -0.05) is 6.07 Å². The lowest BCUT2D eigenvalue weighted by Gasteiger charge is -2.35. The summed E-state index contributed by atoms with van der Waals surface area (Å²) in [5.74, 6) is -1.67. The van der Waals surface area contributed by atoms with Gasteiger partial charge in [-0.15, -0.1) is 0 Å². The zero-order valence-electron chi connectivity index (χ0n) is 11.1. The Hall–Kier alpha value is -1.08. The number of hydrogen-bond acceptors (Lipinski definition) is 4. The van der Waals surface area contributed by atoms with E-state index in [0.29, 0.717) is 12.1 Å². The minimum Gasteiger partial charge on any atom is -0.329 e. The fourth-order valence-electron chi connectivity index (χ4n) is 2.15. The number of nitrogens with two attached hydrogens (primary N) is 1. The van der Waals surface area contributed by atoms with Crippen molar-refractivity contribution in [2.75, 3.05) is 39.8 Å². The molecule has 1 aliphatic rings. The Kier molecular flexibility index (Phi) is 4.81. The Labute approximate surface area is 112 Å². The average molecular weight is 270 g/mol. The number of nitrogens with zero attached hydrogens (tertiary/aromatic N) is 2. The second-order valence-electron chi connectivity index (χ2n) is 4.88. The maximum absolute atomic E-state index is 13.2. The number of benzene rings is 1. The molecule has 1 aromatic carbocycles. The highest BCUT2D eigenvalue weighted by Crippen LogP contribution is 2.16. The van der Waals surface area contributed by atoms with Crippen LogP contribution >= 0.6 is 0 Å². The lowest BCUT2D eigenvalue weighted by molar-refractivity contribution is 0.0879. The number of halogens is 2. The van der Waals surface area contributed by atoms with Gasteiger partial charge in [0.2, 0.25) is 0 Å². The van der Waals surface area contributed by atoms with Crippen molar-refractivity contribution >= 4 is 0 Å². The summed E-state index contributed by atoms with van der Waals surface area (Å²) in [6, 6.07) is 3.71. The largest absolute Gasteiger partial charge is 0.329 e. The predicted octanol–water partition coefficient (Wildman–Crippen LogP) is 0.717. The van der Waals surface area contributed by atoms with Crippen LogP contribution in [0.3, 0.4) is 0 Å². The van der Waals surface area contributed by atoms with E-state index in [-0.39, 0.29) is 6.04 Å². The number of hydrogen-bond donors (Lipinski definition) is 2. The summed E-state index contributed by atoms with van der Waals surface area (Å²) in [5.41, 5.74) is 9.67. The second kappa shape index (κ2) is 6.38. The maximum atomic E-state index is 13.2. The summed E-state index contributed by atoms with van der Waals surface area (Å²) in [7, 11) is 2.08. The van der Waals surface area contributed by atoms with E-state index in [4.69, 9.17) is 5.73 Å². The van der Waals surface area contributed by atoms with Gasteiger partial charge in [0.15, 0.2) is 11.6 Å². The number of nitrogens with one attached hydrogen (secondary N) is 1. The third-order valence-corrected chi connectivity index (χ3v) is 3.42. The summed E-state index contributed by atoms with van der Waals surface area (Å²) >= 11 is 0. The summed E-state index contributed by atoms with van der Waals surface area (Å²) in [4.78, 5) is 2.24. The lowest BCUT2D eigenvalue weighted by Crippen LogP contribution is -2.52. The van der Waals surface area contributed by atoms with E-state index < -0.39 is 11.6 Å². The highest BCUT2D eigenvalue weighted by atomic mass is 19.2. The number of piperazine rings is 1. The van der Waals surface area contributed by atoms with Gasteiger partial charge in [-0.2, -0.15) is 0 Å². The van der Waals surface area contributed by atoms with Gasteiger partial charge in [0, 0.05) is 32.7 Å². The van der Waals surface area contributed by atoms with Crippen LogP contribution in [-0.2, 0) is 0 Å². The van der Waals surface area contributed by atoms with Crippen LogP contribution in [0.25, 0.3) is 0 Å². The molecule has 2 rings (SSSR count). The van der Waals surface area contributed by atoms with Crippen molar-refractivity contribution in [2.24, 2.45) is 5.73 Å². The first-order chi connectivity index (χ1) is 9.10. The minimum absolute atomic E-state index is 0.196. The standard InChI is InChI=1S/C13H20F2N4/c1-18-4-6-19(7-5-18)17-13(9-16)10-2-3-11(14)12(15)8-10/h2-3,8,13,17H,4-7,9,16H2,1H3. The monoisotopic (exact) mass is 270 g/mol. The molecule has 1 unspecified atom stereocenters. The molecule has 1 fully saturated rings. The van der Waals surface area contributed by atoms with Crippen molar-refractivity contribution in [3.05, 3.63) is 35.4 Å². The number of likely N-dealkylation sites (N-methyl/N-ethyl adjacent to an activating group) is 1. The summed E-state index contributed by atoms with van der Waals surface area (Å²) < 4.78 is 26.2. The fraction of sp³-hybridized carbons (Fsp3) is 0.538. The van der Waals surface area contributed by atoms with Crippen LogP contribution in [0.5, 0.6) is 0 Å². The molecule has 1 saturated heterocycles. The van der Waals surface area contributed by atoms with Crippen LogP contribution in [0.1, 0.15) is 11.6 Å². The van der Waals surface area contributed by atoms with Crippen molar-refractivity contribution in [3.8, 4) is 0 Å². The molecule has 1 heterocycles. The zero-order valence-corrected chi connectivity index (χ0v) is 11.1. The molecule has 0 spiro atoms. The Bertz CT molecular complexity index is 419. The number of rotatable bonds is 4. The van der Waals surface area contributed by atoms with Gasteiger partial charge in [0.25, 0.3) is 0 Å². The quantitative estimate of drug-likeness (QED) is 0.846. The van der Waals surface area contributed by atoms with Crippen LogP contribution in [-0.4, -0.2) is 49.7 Å². The fourth-order valence-corrected chi connectivity index (χ4v) is 2.15. The minimum atomic E-state index is -0.837. The highest BCUT2D eigenvalue weighted by molar-refractivity contribution is 5.21. The predicted molar refractivity (Wildman–Crippen MR) is 70.4 cm³/mol. The zero-order chi connectivity index (χ0) is 13.8. The molecule has 0 radical (unpaired) electrons. The molecule has 19 heavy (non-hydrogen) atoms. The van der Waals surface area contributed by atoms with Crippen molar-refractivity contribution in [3.63, 3.8) is 0 Å². The molecule has 0 amide bonds. The van der Waals surface area contributed by atoms with Gasteiger partial charge in [-0.05, 0) is 24.7 Å². The summed E-state index contributed by atoms with van der Waals surface area (Å²) in [6.07, 6.45) is 0. The van der Waals surface area contributed by atoms with Crippen molar-refractivity contribution in [1.82, 2.24) is 15.3 Å². The Morgan fingerprint density at radius 1 is 1.21 bits per heavy atom. The van der Waals surface area contributed by atoms with E-state index >= 15 is 0 Å². The summed E-state index contributed by atoms with van der Waals surface area (Å²) in [6.45, 7) is 4.05. The average Bonchev–Trinajstić information content (AvgIpc) is 2.41. The van der Waals surface area contributed by atoms with E-state index in [1.807, 2.05) is 0 Å². The molecule has 0 aliphatic carbocycles. The Morgan fingerprint density at radius 2 is 1.89 bits per heavy atom. The van der Waals surface area contributed by atoms with E-state index in [0.717, 1.165) is 32.2 Å². The third-order valence-electron chi connectivity index (χ3n) is 3.42. The molecule has 1 aliphatic heterocycles. The van der Waals surface area contributed by atoms with Crippen molar-refractivity contribution in [2.45, 2.75) is 6.04 Å². The van der Waals surface area contributed by atoms with Crippen LogP contribution in [0.4, 0.5) is 8.78 Å². The first-order valence-electron chi connectivity index (χ1n) is 6.45. The number of hydrazine groups is 1. The molecule has 0 saturated carbocycles. The molecule has 0 bridgehead atoms. The first-order valence-corrected chi connectivity index (χ1v) is 6.45. The lowest BCUT2D eigenvalue weighted by atomic mass is 10.1. The van der Waals surface area contributed by atoms with E-state index in [9.17, 15) is 8.78 Å². The van der Waals surface area contributed by atoms with Crippen molar-refractivity contribution < 1.29 is 8.78 Å². The Morgan fingerprint density at radius 3 is 2.47 bits per heavy atom. The summed E-state index contributed by atoms with van der Waals surface area (Å²) in [5, 5.41) is 2.08. The molecular formula is C13H20F2N4. The second-order valence-corrected chi connectivity index (χ2v) is 4.88.